The maximum Gasteiger partial charge on any atom is 0.216 e. The number of halogens is 1. The van der Waals surface area contributed by atoms with Gasteiger partial charge < -0.3 is 4.74 Å². The van der Waals surface area contributed by atoms with Crippen molar-refractivity contribution in [2.75, 3.05) is 31.9 Å². The number of sulfonamides is 1. The van der Waals surface area contributed by atoms with Gasteiger partial charge in [0, 0.05) is 25.6 Å². The quantitative estimate of drug-likeness (QED) is 0.690. The first kappa shape index (κ1) is 13.2. The molecule has 1 aliphatic rings. The molecule has 0 radical (unpaired) electrons. The highest BCUT2D eigenvalue weighted by atomic mass is 35.5. The van der Waals surface area contributed by atoms with E-state index < -0.39 is 10.0 Å². The Morgan fingerprint density at radius 2 is 2.20 bits per heavy atom. The van der Waals surface area contributed by atoms with Crippen molar-refractivity contribution in [3.05, 3.63) is 0 Å². The Bertz CT molecular complexity index is 281. The summed E-state index contributed by atoms with van der Waals surface area (Å²) < 4.78 is 30.1. The first-order valence-electron chi connectivity index (χ1n) is 5.16. The topological polar surface area (TPSA) is 46.6 Å². The van der Waals surface area contributed by atoms with Crippen molar-refractivity contribution in [1.82, 2.24) is 4.31 Å². The lowest BCUT2D eigenvalue weighted by Gasteiger charge is -2.33. The standard InChI is InChI=1S/C9H18ClNO3S/c1-14-6-7-15(12,13)11-5-3-2-4-9(11)8-10/h9H,2-8H2,1H3. The minimum absolute atomic E-state index is 0.0257. The third-order valence-corrected chi connectivity index (χ3v) is 4.89. The molecular weight excluding hydrogens is 238 g/mol. The number of alkyl halides is 1. The van der Waals surface area contributed by atoms with Crippen molar-refractivity contribution < 1.29 is 13.2 Å². The Balaban J connectivity index is 2.65. The predicted molar refractivity (Wildman–Crippen MR) is 60.7 cm³/mol. The Morgan fingerprint density at radius 3 is 2.80 bits per heavy atom. The second kappa shape index (κ2) is 6.03. The molecule has 0 saturated carbocycles. The number of hydrogen-bond acceptors (Lipinski definition) is 3. The number of ether oxygens (including phenoxy) is 1. The Morgan fingerprint density at radius 1 is 1.47 bits per heavy atom. The lowest BCUT2D eigenvalue weighted by atomic mass is 10.1. The molecule has 0 aromatic rings. The van der Waals surface area contributed by atoms with E-state index in [4.69, 9.17) is 16.3 Å². The first-order chi connectivity index (χ1) is 7.11. The lowest BCUT2D eigenvalue weighted by molar-refractivity contribution is 0.212. The van der Waals surface area contributed by atoms with Crippen LogP contribution in [0, 0.1) is 0 Å². The van der Waals surface area contributed by atoms with Crippen LogP contribution in [0.3, 0.4) is 0 Å². The molecular formula is C9H18ClNO3S. The summed E-state index contributed by atoms with van der Waals surface area (Å²) in [6, 6.07) is -0.0257. The van der Waals surface area contributed by atoms with E-state index in [-0.39, 0.29) is 18.4 Å². The van der Waals surface area contributed by atoms with Crippen LogP contribution < -0.4 is 0 Å². The SMILES string of the molecule is COCCS(=O)(=O)N1CCCCC1CCl. The van der Waals surface area contributed by atoms with Crippen molar-refractivity contribution in [2.45, 2.75) is 25.3 Å². The maximum atomic E-state index is 11.9. The second-order valence-corrected chi connectivity index (χ2v) is 6.07. The molecule has 1 heterocycles. The Labute approximate surface area is 96.6 Å². The van der Waals surface area contributed by atoms with Crippen LogP contribution in [0.15, 0.2) is 0 Å². The molecule has 1 unspecified atom stereocenters. The van der Waals surface area contributed by atoms with Crippen LogP contribution in [0.4, 0.5) is 0 Å². The first-order valence-corrected chi connectivity index (χ1v) is 7.30. The van der Waals surface area contributed by atoms with Crippen LogP contribution in [0.1, 0.15) is 19.3 Å². The molecule has 4 nitrogen and oxygen atoms in total. The third kappa shape index (κ3) is 3.59. The molecule has 0 aromatic heterocycles. The van der Waals surface area contributed by atoms with E-state index in [0.717, 1.165) is 19.3 Å². The molecule has 0 N–H and O–H groups in total. The molecule has 0 aliphatic carbocycles. The fourth-order valence-corrected chi connectivity index (χ4v) is 3.86. The van der Waals surface area contributed by atoms with Crippen molar-refractivity contribution in [2.24, 2.45) is 0 Å². The van der Waals surface area contributed by atoms with Gasteiger partial charge in [-0.25, -0.2) is 8.42 Å². The summed E-state index contributed by atoms with van der Waals surface area (Å²) in [7, 11) is -1.68. The summed E-state index contributed by atoms with van der Waals surface area (Å²) in [6.07, 6.45) is 2.86. The summed E-state index contributed by atoms with van der Waals surface area (Å²) in [5, 5.41) is 0. The van der Waals surface area contributed by atoms with Crippen molar-refractivity contribution in [1.29, 1.82) is 0 Å². The summed E-state index contributed by atoms with van der Waals surface area (Å²) in [4.78, 5) is 0. The van der Waals surface area contributed by atoms with E-state index in [9.17, 15) is 8.42 Å². The van der Waals surface area contributed by atoms with Crippen LogP contribution in [-0.2, 0) is 14.8 Å². The highest BCUT2D eigenvalue weighted by Gasteiger charge is 2.31. The molecule has 1 atom stereocenters. The molecule has 90 valence electrons. The number of rotatable bonds is 5. The summed E-state index contributed by atoms with van der Waals surface area (Å²) in [5.74, 6) is 0.434. The van der Waals surface area contributed by atoms with Crippen LogP contribution in [0.5, 0.6) is 0 Å². The van der Waals surface area contributed by atoms with E-state index in [1.54, 1.807) is 4.31 Å². The zero-order valence-corrected chi connectivity index (χ0v) is 10.6. The molecule has 1 fully saturated rings. The summed E-state index contributed by atoms with van der Waals surface area (Å²) in [6.45, 7) is 0.845. The minimum Gasteiger partial charge on any atom is -0.384 e. The molecule has 1 aliphatic heterocycles. The van der Waals surface area contributed by atoms with E-state index in [0.29, 0.717) is 12.4 Å². The monoisotopic (exact) mass is 255 g/mol. The van der Waals surface area contributed by atoms with Crippen molar-refractivity contribution >= 4 is 21.6 Å². The van der Waals surface area contributed by atoms with Crippen LogP contribution in [-0.4, -0.2) is 50.7 Å². The van der Waals surface area contributed by atoms with Gasteiger partial charge in [-0.05, 0) is 12.8 Å². The smallest absolute Gasteiger partial charge is 0.216 e. The minimum atomic E-state index is -3.18. The van der Waals surface area contributed by atoms with E-state index in [1.165, 1.54) is 7.11 Å². The van der Waals surface area contributed by atoms with Crippen molar-refractivity contribution in [3.8, 4) is 0 Å². The lowest BCUT2D eigenvalue weighted by Crippen LogP contribution is -2.46. The van der Waals surface area contributed by atoms with Gasteiger partial charge in [0.2, 0.25) is 10.0 Å². The third-order valence-electron chi connectivity index (χ3n) is 2.65. The zero-order chi connectivity index (χ0) is 11.3. The number of nitrogens with zero attached hydrogens (tertiary/aromatic N) is 1. The second-order valence-electron chi connectivity index (χ2n) is 3.72. The Hall–Kier alpha value is 0.160. The molecule has 1 rings (SSSR count). The molecule has 1 saturated heterocycles. The van der Waals surface area contributed by atoms with Gasteiger partial charge in [0.25, 0.3) is 0 Å². The number of methoxy groups -OCH3 is 1. The van der Waals surface area contributed by atoms with Gasteiger partial charge in [-0.2, -0.15) is 4.31 Å². The van der Waals surface area contributed by atoms with Crippen LogP contribution in [0.2, 0.25) is 0 Å². The zero-order valence-electron chi connectivity index (χ0n) is 8.99. The normalized spacial score (nSPS) is 24.3. The summed E-state index contributed by atoms with van der Waals surface area (Å²) >= 11 is 5.78. The largest absolute Gasteiger partial charge is 0.384 e. The maximum absolute atomic E-state index is 11.9. The number of piperidine rings is 1. The highest BCUT2D eigenvalue weighted by molar-refractivity contribution is 7.89. The highest BCUT2D eigenvalue weighted by Crippen LogP contribution is 2.21. The molecule has 0 aromatic carbocycles. The Kier molecular flexibility index (Phi) is 5.32. The fraction of sp³-hybridized carbons (Fsp3) is 1.00. The number of hydrogen-bond donors (Lipinski definition) is 0. The fourth-order valence-electron chi connectivity index (χ4n) is 1.80. The molecule has 0 bridgehead atoms. The molecule has 0 amide bonds. The van der Waals surface area contributed by atoms with Gasteiger partial charge in [-0.1, -0.05) is 6.42 Å². The molecule has 15 heavy (non-hydrogen) atoms. The van der Waals surface area contributed by atoms with E-state index in [1.807, 2.05) is 0 Å². The van der Waals surface area contributed by atoms with Gasteiger partial charge in [0.1, 0.15) is 0 Å². The van der Waals surface area contributed by atoms with Gasteiger partial charge in [-0.3, -0.25) is 0 Å². The summed E-state index contributed by atoms with van der Waals surface area (Å²) in [5.41, 5.74) is 0. The van der Waals surface area contributed by atoms with Gasteiger partial charge in [-0.15, -0.1) is 11.6 Å². The average Bonchev–Trinajstić information content (AvgIpc) is 2.26. The van der Waals surface area contributed by atoms with Crippen LogP contribution in [0.25, 0.3) is 0 Å². The van der Waals surface area contributed by atoms with Crippen molar-refractivity contribution in [3.63, 3.8) is 0 Å². The predicted octanol–water partition coefficient (Wildman–Crippen LogP) is 1.06. The van der Waals surface area contributed by atoms with Crippen LogP contribution >= 0.6 is 11.6 Å². The van der Waals surface area contributed by atoms with E-state index >= 15 is 0 Å². The van der Waals surface area contributed by atoms with Gasteiger partial charge >= 0.3 is 0 Å². The van der Waals surface area contributed by atoms with Gasteiger partial charge in [0.15, 0.2) is 0 Å². The molecule has 0 spiro atoms. The molecule has 6 heteroatoms. The van der Waals surface area contributed by atoms with E-state index in [2.05, 4.69) is 0 Å². The van der Waals surface area contributed by atoms with Gasteiger partial charge in [0.05, 0.1) is 12.4 Å². The average molecular weight is 256 g/mol.